The van der Waals surface area contributed by atoms with E-state index in [1.165, 1.54) is 38.5 Å². The average molecular weight is 347 g/mol. The summed E-state index contributed by atoms with van der Waals surface area (Å²) in [5, 5.41) is 6.70. The number of guanidine groups is 1. The van der Waals surface area contributed by atoms with Crippen LogP contribution in [0.2, 0.25) is 0 Å². The van der Waals surface area contributed by atoms with Crippen molar-refractivity contribution in [1.82, 2.24) is 15.6 Å². The molecule has 5 nitrogen and oxygen atoms in total. The third-order valence-corrected chi connectivity index (χ3v) is 4.64. The van der Waals surface area contributed by atoms with Crippen molar-refractivity contribution in [3.05, 3.63) is 30.1 Å². The van der Waals surface area contributed by atoms with E-state index in [0.29, 0.717) is 6.10 Å². The van der Waals surface area contributed by atoms with Crippen molar-refractivity contribution in [3.8, 4) is 0 Å². The molecule has 0 bridgehead atoms. The molecule has 1 aromatic rings. The maximum atomic E-state index is 6.03. The summed E-state index contributed by atoms with van der Waals surface area (Å²) in [7, 11) is 1.81. The number of hydrogen-bond donors (Lipinski definition) is 2. The highest BCUT2D eigenvalue weighted by Crippen LogP contribution is 2.19. The molecule has 5 heteroatoms. The van der Waals surface area contributed by atoms with E-state index in [9.17, 15) is 0 Å². The van der Waals surface area contributed by atoms with E-state index in [2.05, 4.69) is 20.6 Å². The maximum Gasteiger partial charge on any atom is 0.190 e. The number of ether oxygens (including phenoxy) is 1. The Labute approximate surface area is 152 Å². The molecule has 1 saturated carbocycles. The van der Waals surface area contributed by atoms with Gasteiger partial charge in [0.05, 0.1) is 6.10 Å². The summed E-state index contributed by atoms with van der Waals surface area (Å²) in [6.07, 6.45) is 13.4. The van der Waals surface area contributed by atoms with Crippen molar-refractivity contribution in [1.29, 1.82) is 0 Å². The molecule has 1 aliphatic carbocycles. The van der Waals surface area contributed by atoms with Gasteiger partial charge in [-0.05, 0) is 37.8 Å². The Morgan fingerprint density at radius 2 is 1.92 bits per heavy atom. The highest BCUT2D eigenvalue weighted by atomic mass is 16.5. The molecule has 1 aromatic heterocycles. The molecule has 0 unspecified atom stereocenters. The number of unbranched alkanes of at least 4 members (excludes halogenated alkanes) is 1. The lowest BCUT2D eigenvalue weighted by molar-refractivity contribution is 0.0411. The maximum absolute atomic E-state index is 6.03. The fourth-order valence-corrected chi connectivity index (χ4v) is 3.17. The Morgan fingerprint density at radius 1 is 1.12 bits per heavy atom. The first-order valence-electron chi connectivity index (χ1n) is 9.84. The van der Waals surface area contributed by atoms with E-state index >= 15 is 0 Å². The molecule has 0 spiro atoms. The van der Waals surface area contributed by atoms with E-state index in [1.807, 2.05) is 31.4 Å². The van der Waals surface area contributed by atoms with Crippen LogP contribution in [0.5, 0.6) is 0 Å². The van der Waals surface area contributed by atoms with Crippen LogP contribution in [0.3, 0.4) is 0 Å². The Hall–Kier alpha value is -1.62. The first-order chi connectivity index (χ1) is 12.4. The predicted molar refractivity (Wildman–Crippen MR) is 104 cm³/mol. The van der Waals surface area contributed by atoms with E-state index in [1.54, 1.807) is 0 Å². The second-order valence-electron chi connectivity index (χ2n) is 6.69. The minimum absolute atomic E-state index is 0.511. The molecule has 1 aliphatic rings. The quantitative estimate of drug-likeness (QED) is 0.312. The monoisotopic (exact) mass is 346 g/mol. The van der Waals surface area contributed by atoms with E-state index in [0.717, 1.165) is 50.6 Å². The number of hydrogen-bond acceptors (Lipinski definition) is 3. The summed E-state index contributed by atoms with van der Waals surface area (Å²) in [6.45, 7) is 2.65. The van der Waals surface area contributed by atoms with E-state index < -0.39 is 0 Å². The van der Waals surface area contributed by atoms with Gasteiger partial charge in [-0.1, -0.05) is 31.7 Å². The zero-order chi connectivity index (χ0) is 17.6. The molecule has 0 saturated heterocycles. The first-order valence-corrected chi connectivity index (χ1v) is 9.84. The number of aliphatic imine (C=N–C) groups is 1. The molecule has 0 amide bonds. The van der Waals surface area contributed by atoms with Crippen LogP contribution in [-0.4, -0.2) is 43.8 Å². The molecular weight excluding hydrogens is 312 g/mol. The lowest BCUT2D eigenvalue weighted by Gasteiger charge is -2.15. The smallest absolute Gasteiger partial charge is 0.190 e. The van der Waals surface area contributed by atoms with Gasteiger partial charge in [0.1, 0.15) is 0 Å². The molecule has 140 valence electrons. The number of pyridine rings is 1. The van der Waals surface area contributed by atoms with Crippen LogP contribution < -0.4 is 10.6 Å². The van der Waals surface area contributed by atoms with Crippen LogP contribution in [0.1, 0.15) is 57.1 Å². The van der Waals surface area contributed by atoms with Crippen LogP contribution in [-0.2, 0) is 11.2 Å². The molecule has 0 aromatic carbocycles. The third kappa shape index (κ3) is 8.87. The topological polar surface area (TPSA) is 58.5 Å². The molecule has 2 N–H and O–H groups in total. The Balaban J connectivity index is 1.48. The number of nitrogens with zero attached hydrogens (tertiary/aromatic N) is 2. The van der Waals surface area contributed by atoms with Gasteiger partial charge in [0.25, 0.3) is 0 Å². The zero-order valence-electron chi connectivity index (χ0n) is 15.7. The van der Waals surface area contributed by atoms with Crippen LogP contribution in [0.15, 0.2) is 29.4 Å². The summed E-state index contributed by atoms with van der Waals surface area (Å²) in [5.41, 5.74) is 1.10. The molecule has 0 radical (unpaired) electrons. The molecule has 2 rings (SSSR count). The number of aromatic nitrogens is 1. The van der Waals surface area contributed by atoms with Crippen molar-refractivity contribution in [2.75, 3.05) is 26.7 Å². The van der Waals surface area contributed by atoms with Crippen molar-refractivity contribution in [2.45, 2.75) is 63.9 Å². The summed E-state index contributed by atoms with van der Waals surface area (Å²) >= 11 is 0. The summed E-state index contributed by atoms with van der Waals surface area (Å²) < 4.78 is 6.03. The molecule has 0 aliphatic heterocycles. The van der Waals surface area contributed by atoms with Crippen molar-refractivity contribution >= 4 is 5.96 Å². The lowest BCUT2D eigenvalue weighted by Crippen LogP contribution is -2.38. The van der Waals surface area contributed by atoms with Crippen LogP contribution in [0.4, 0.5) is 0 Å². The minimum Gasteiger partial charge on any atom is -0.378 e. The molecule has 25 heavy (non-hydrogen) atoms. The fraction of sp³-hybridized carbons (Fsp3) is 0.700. The van der Waals surface area contributed by atoms with Crippen LogP contribution >= 0.6 is 0 Å². The second-order valence-corrected chi connectivity index (χ2v) is 6.69. The second kappa shape index (κ2) is 12.7. The van der Waals surface area contributed by atoms with Gasteiger partial charge in [0.15, 0.2) is 5.96 Å². The highest BCUT2D eigenvalue weighted by Gasteiger charge is 2.11. The van der Waals surface area contributed by atoms with Gasteiger partial charge in [-0.3, -0.25) is 9.98 Å². The molecule has 1 fully saturated rings. The summed E-state index contributed by atoms with van der Waals surface area (Å²) in [6, 6.07) is 6.01. The predicted octanol–water partition coefficient (Wildman–Crippen LogP) is 3.31. The van der Waals surface area contributed by atoms with Gasteiger partial charge in [-0.2, -0.15) is 0 Å². The minimum atomic E-state index is 0.511. The SMILES string of the molecule is CN=C(NCCCCOC1CCCCCC1)NCCc1ccccn1. The number of nitrogens with one attached hydrogen (secondary N) is 2. The first kappa shape index (κ1) is 19.7. The van der Waals surface area contributed by atoms with Crippen molar-refractivity contribution < 1.29 is 4.74 Å². The largest absolute Gasteiger partial charge is 0.378 e. The Morgan fingerprint density at radius 3 is 2.64 bits per heavy atom. The summed E-state index contributed by atoms with van der Waals surface area (Å²) in [4.78, 5) is 8.59. The van der Waals surface area contributed by atoms with Crippen LogP contribution in [0.25, 0.3) is 0 Å². The number of rotatable bonds is 9. The normalized spacial score (nSPS) is 16.4. The van der Waals surface area contributed by atoms with Gasteiger partial charge in [0.2, 0.25) is 0 Å². The van der Waals surface area contributed by atoms with Gasteiger partial charge >= 0.3 is 0 Å². The average Bonchev–Trinajstić information content (AvgIpc) is 2.92. The molecular formula is C20H34N4O. The highest BCUT2D eigenvalue weighted by molar-refractivity contribution is 5.79. The van der Waals surface area contributed by atoms with Crippen molar-refractivity contribution in [2.24, 2.45) is 4.99 Å². The third-order valence-electron chi connectivity index (χ3n) is 4.64. The van der Waals surface area contributed by atoms with Crippen molar-refractivity contribution in [3.63, 3.8) is 0 Å². The standard InChI is InChI=1S/C20H34N4O/c1-21-20(24-16-13-18-10-6-7-14-22-18)23-15-8-9-17-25-19-11-4-2-3-5-12-19/h6-7,10,14,19H,2-5,8-9,11-13,15-17H2,1H3,(H2,21,23,24). The van der Waals surface area contributed by atoms with E-state index in [4.69, 9.17) is 4.74 Å². The van der Waals surface area contributed by atoms with Gasteiger partial charge < -0.3 is 15.4 Å². The Kier molecular flexibility index (Phi) is 10.0. The summed E-state index contributed by atoms with van der Waals surface area (Å²) in [5.74, 6) is 0.862. The molecule has 0 atom stereocenters. The van der Waals surface area contributed by atoms with Crippen LogP contribution in [0, 0.1) is 0 Å². The zero-order valence-corrected chi connectivity index (χ0v) is 15.7. The van der Waals surface area contributed by atoms with E-state index in [-0.39, 0.29) is 0 Å². The van der Waals surface area contributed by atoms with Gasteiger partial charge in [-0.25, -0.2) is 0 Å². The lowest BCUT2D eigenvalue weighted by atomic mass is 10.1. The van der Waals surface area contributed by atoms with Gasteiger partial charge in [0, 0.05) is 45.1 Å². The Bertz CT molecular complexity index is 470. The fourth-order valence-electron chi connectivity index (χ4n) is 3.17. The van der Waals surface area contributed by atoms with Gasteiger partial charge in [-0.15, -0.1) is 0 Å². The molecule has 1 heterocycles.